The summed E-state index contributed by atoms with van der Waals surface area (Å²) in [5.74, 6) is -1.76. The zero-order valence-corrected chi connectivity index (χ0v) is 30.8. The molecule has 5 rings (SSSR count). The Morgan fingerprint density at radius 1 is 1.11 bits per heavy atom. The maximum absolute atomic E-state index is 12.9. The van der Waals surface area contributed by atoms with Crippen molar-refractivity contribution in [3.63, 3.8) is 0 Å². The van der Waals surface area contributed by atoms with E-state index in [0.29, 0.717) is 35.1 Å². The molecule has 11 nitrogen and oxygen atoms in total. The molecule has 0 spiro atoms. The van der Waals surface area contributed by atoms with E-state index in [1.54, 1.807) is 25.3 Å². The van der Waals surface area contributed by atoms with Gasteiger partial charge in [0, 0.05) is 29.4 Å². The number of aliphatic imine (C=N–C) groups is 1. The summed E-state index contributed by atoms with van der Waals surface area (Å²) in [5, 5.41) is 12.7. The van der Waals surface area contributed by atoms with E-state index in [9.17, 15) is 24.3 Å². The first-order chi connectivity index (χ1) is 25.4. The van der Waals surface area contributed by atoms with E-state index >= 15 is 0 Å². The summed E-state index contributed by atoms with van der Waals surface area (Å²) in [6.07, 6.45) is 16.3. The Morgan fingerprint density at radius 3 is 2.53 bits per heavy atom. The van der Waals surface area contributed by atoms with Crippen LogP contribution >= 0.6 is 0 Å². The van der Waals surface area contributed by atoms with Crippen molar-refractivity contribution < 1.29 is 23.8 Å². The number of hydrogen-bond acceptors (Lipinski definition) is 9. The molecule has 1 aliphatic rings. The molecule has 2 aromatic carbocycles. The number of carboxylic acids is 1. The highest BCUT2D eigenvalue weighted by atomic mass is 16.5. The molecule has 1 unspecified atom stereocenters. The van der Waals surface area contributed by atoms with Gasteiger partial charge in [0.2, 0.25) is 0 Å². The number of aryl methyl sites for hydroxylation is 3. The van der Waals surface area contributed by atoms with Crippen LogP contribution in [0.2, 0.25) is 0 Å². The van der Waals surface area contributed by atoms with Crippen LogP contribution < -0.4 is 16.4 Å². The third-order valence-electron chi connectivity index (χ3n) is 8.59. The molecule has 0 saturated carbocycles. The van der Waals surface area contributed by atoms with Crippen molar-refractivity contribution in [3.05, 3.63) is 157 Å². The van der Waals surface area contributed by atoms with Crippen molar-refractivity contribution in [2.75, 3.05) is 19.0 Å². The molecule has 53 heavy (non-hydrogen) atoms. The Labute approximate surface area is 308 Å². The lowest BCUT2D eigenvalue weighted by Gasteiger charge is -2.16. The Hall–Kier alpha value is -6.36. The lowest BCUT2D eigenvalue weighted by atomic mass is 9.93. The number of carbonyl (C=O) groups excluding carboxylic acids is 1. The number of benzene rings is 2. The van der Waals surface area contributed by atoms with Gasteiger partial charge in [0.1, 0.15) is 5.56 Å². The molecule has 0 radical (unpaired) electrons. The summed E-state index contributed by atoms with van der Waals surface area (Å²) in [5.41, 5.74) is 6.14. The van der Waals surface area contributed by atoms with Crippen LogP contribution in [-0.4, -0.2) is 52.5 Å². The van der Waals surface area contributed by atoms with Gasteiger partial charge >= 0.3 is 17.6 Å². The van der Waals surface area contributed by atoms with E-state index in [-0.39, 0.29) is 17.0 Å². The molecule has 0 bridgehead atoms. The van der Waals surface area contributed by atoms with Gasteiger partial charge in [-0.25, -0.2) is 14.4 Å². The second-order valence-corrected chi connectivity index (χ2v) is 12.3. The second kappa shape index (κ2) is 18.2. The summed E-state index contributed by atoms with van der Waals surface area (Å²) in [7, 11) is 1.27. The molecule has 0 amide bonds. The zero-order chi connectivity index (χ0) is 38.7. The molecular formula is C42H44N4O7. The maximum Gasteiger partial charge on any atom is 0.348 e. The van der Waals surface area contributed by atoms with Crippen LogP contribution in [0.4, 0.5) is 6.01 Å². The molecule has 2 N–H and O–H groups in total. The lowest BCUT2D eigenvalue weighted by molar-refractivity contribution is -0.137. The number of aromatic nitrogens is 2. The van der Waals surface area contributed by atoms with Gasteiger partial charge in [-0.15, -0.1) is 0 Å². The van der Waals surface area contributed by atoms with Gasteiger partial charge in [0.05, 0.1) is 24.6 Å². The van der Waals surface area contributed by atoms with Crippen LogP contribution in [0, 0.1) is 27.7 Å². The van der Waals surface area contributed by atoms with Gasteiger partial charge in [-0.3, -0.25) is 9.79 Å². The van der Waals surface area contributed by atoms with Gasteiger partial charge in [-0.1, -0.05) is 68.2 Å². The molecule has 1 aliphatic heterocycles. The number of pyridine rings is 1. The first-order valence-corrected chi connectivity index (χ1v) is 17.1. The molecule has 0 saturated heterocycles. The number of carbonyl (C=O) groups is 2. The van der Waals surface area contributed by atoms with E-state index in [1.807, 2.05) is 93.0 Å². The molecule has 1 atom stereocenters. The van der Waals surface area contributed by atoms with Gasteiger partial charge in [0.15, 0.2) is 11.5 Å². The molecule has 4 aromatic rings. The molecule has 3 heterocycles. The summed E-state index contributed by atoms with van der Waals surface area (Å²) >= 11 is 0. The number of ether oxygens (including phenoxy) is 1. The van der Waals surface area contributed by atoms with Crippen LogP contribution in [0.3, 0.4) is 0 Å². The highest BCUT2D eigenvalue weighted by Crippen LogP contribution is 2.26. The van der Waals surface area contributed by atoms with Crippen molar-refractivity contribution >= 4 is 35.1 Å². The van der Waals surface area contributed by atoms with E-state index in [0.717, 1.165) is 40.1 Å². The van der Waals surface area contributed by atoms with E-state index in [1.165, 1.54) is 13.2 Å². The van der Waals surface area contributed by atoms with Crippen LogP contribution in [-0.2, 0) is 16.0 Å². The summed E-state index contributed by atoms with van der Waals surface area (Å²) < 4.78 is 11.9. The predicted molar refractivity (Wildman–Crippen MR) is 210 cm³/mol. The first kappa shape index (κ1) is 39.4. The highest BCUT2D eigenvalue weighted by molar-refractivity contribution is 5.90. The number of esters is 1. The maximum atomic E-state index is 12.9. The number of para-hydroxylation sites is 1. The van der Waals surface area contributed by atoms with Crippen LogP contribution in [0.15, 0.2) is 122 Å². The monoisotopic (exact) mass is 716 g/mol. The standard InChI is InChI=1S/C27H29N3O4.C15H15NO3/c1-5-6-7-8-10-17(2)24(25(31)32)30-27-29-22-15-18(3)21(19(4)23(22)26(33)34-27)16-20-11-9-13-28-14-12-20;1-10-9-13(17)14(15(18)19-3)11(2)16(10)12-7-5-4-6-8-12/h6-13,15,24H,2,5,14,16H2,1,3-4H3,(H,29,30)(H,31,32);4-9H,1-3H3/b7-6-,10-8-;. The van der Waals surface area contributed by atoms with Crippen LogP contribution in [0.1, 0.15) is 51.8 Å². The SMILES string of the molecule is C=C(/C=C\C=C/CC)C(Nc1nc2cc(C)c(CC3=CCN=CC=C3)c(C)c2c(=O)o1)C(=O)O.COC(=O)c1c(C)n(-c2ccccc2)c(C)cc1=O. The quantitative estimate of drug-likeness (QED) is 0.122. The van der Waals surface area contributed by atoms with Gasteiger partial charge in [-0.05, 0) is 92.6 Å². The van der Waals surface area contributed by atoms with Crippen molar-refractivity contribution in [3.8, 4) is 5.69 Å². The number of nitrogens with one attached hydrogen (secondary N) is 1. The Balaban J connectivity index is 0.000000278. The van der Waals surface area contributed by atoms with Crippen LogP contribution in [0.25, 0.3) is 16.6 Å². The number of allylic oxidation sites excluding steroid dienone is 6. The Bertz CT molecular complexity index is 2290. The number of fused-ring (bicyclic) bond motifs is 1. The summed E-state index contributed by atoms with van der Waals surface area (Å²) in [6.45, 7) is 13.9. The molecule has 274 valence electrons. The van der Waals surface area contributed by atoms with Crippen molar-refractivity contribution in [2.24, 2.45) is 4.99 Å². The minimum absolute atomic E-state index is 0.0805. The molecule has 11 heteroatoms. The minimum Gasteiger partial charge on any atom is -0.479 e. The largest absolute Gasteiger partial charge is 0.479 e. The number of anilines is 1. The Morgan fingerprint density at radius 2 is 1.85 bits per heavy atom. The number of hydrogen-bond donors (Lipinski definition) is 2. The third-order valence-corrected chi connectivity index (χ3v) is 8.59. The van der Waals surface area contributed by atoms with Gasteiger partial charge < -0.3 is 24.1 Å². The summed E-state index contributed by atoms with van der Waals surface area (Å²) in [4.78, 5) is 57.0. The molecule has 0 fully saturated rings. The van der Waals surface area contributed by atoms with Crippen molar-refractivity contribution in [1.29, 1.82) is 0 Å². The fourth-order valence-corrected chi connectivity index (χ4v) is 5.95. The fraction of sp³-hybridized carbons (Fsp3) is 0.238. The number of nitrogens with zero attached hydrogens (tertiary/aromatic N) is 3. The molecule has 2 aromatic heterocycles. The average molecular weight is 717 g/mol. The van der Waals surface area contributed by atoms with Gasteiger partial charge in [-0.2, -0.15) is 4.98 Å². The van der Waals surface area contributed by atoms with E-state index in [4.69, 9.17) is 4.42 Å². The third kappa shape index (κ3) is 9.70. The van der Waals surface area contributed by atoms with E-state index < -0.39 is 23.6 Å². The number of methoxy groups -OCH3 is 1. The second-order valence-electron chi connectivity index (χ2n) is 12.3. The van der Waals surface area contributed by atoms with Crippen molar-refractivity contribution in [1.82, 2.24) is 9.55 Å². The van der Waals surface area contributed by atoms with Crippen LogP contribution in [0.5, 0.6) is 0 Å². The van der Waals surface area contributed by atoms with E-state index in [2.05, 4.69) is 32.7 Å². The number of aliphatic carboxylic acids is 1. The summed E-state index contributed by atoms with van der Waals surface area (Å²) in [6, 6.07) is 11.5. The Kier molecular flexibility index (Phi) is 13.6. The number of carboxylic acid groups (broad SMARTS) is 1. The highest BCUT2D eigenvalue weighted by Gasteiger charge is 2.23. The van der Waals surface area contributed by atoms with Gasteiger partial charge in [0.25, 0.3) is 6.01 Å². The normalized spacial score (nSPS) is 13.0. The topological polar surface area (TPSA) is 153 Å². The first-order valence-electron chi connectivity index (χ1n) is 17.1. The number of rotatable bonds is 11. The minimum atomic E-state index is -1.20. The smallest absolute Gasteiger partial charge is 0.348 e. The fourth-order valence-electron chi connectivity index (χ4n) is 5.95. The van der Waals surface area contributed by atoms with Crippen molar-refractivity contribution in [2.45, 2.75) is 53.5 Å². The zero-order valence-electron chi connectivity index (χ0n) is 30.8. The molecule has 0 aliphatic carbocycles. The predicted octanol–water partition coefficient (Wildman–Crippen LogP) is 7.10. The lowest BCUT2D eigenvalue weighted by Crippen LogP contribution is -2.31. The molecular weight excluding hydrogens is 672 g/mol. The average Bonchev–Trinajstić information content (AvgIpc) is 3.39.